The standard InChI is InChI=1S/C17H26N2O/c1-18(2)14-17(20)19-12-10-16(11-13-19)9-8-15-6-4-3-5-7-15/h3-7,16H,8-14H2,1-2H3. The molecule has 0 N–H and O–H groups in total. The monoisotopic (exact) mass is 274 g/mol. The van der Waals surface area contributed by atoms with E-state index in [1.54, 1.807) is 0 Å². The van der Waals surface area contributed by atoms with Crippen molar-refractivity contribution in [3.8, 4) is 0 Å². The van der Waals surface area contributed by atoms with Gasteiger partial charge in [0.05, 0.1) is 6.54 Å². The van der Waals surface area contributed by atoms with Crippen LogP contribution in [-0.2, 0) is 11.2 Å². The van der Waals surface area contributed by atoms with E-state index in [-0.39, 0.29) is 5.91 Å². The SMILES string of the molecule is CN(C)CC(=O)N1CCC(CCc2ccccc2)CC1. The molecule has 1 heterocycles. The Kier molecular flexibility index (Phi) is 5.60. The lowest BCUT2D eigenvalue weighted by Gasteiger charge is -2.32. The lowest BCUT2D eigenvalue weighted by Crippen LogP contribution is -2.42. The van der Waals surface area contributed by atoms with Crippen molar-refractivity contribution < 1.29 is 4.79 Å². The number of carbonyl (C=O) groups excluding carboxylic acids is 1. The van der Waals surface area contributed by atoms with E-state index in [1.165, 1.54) is 12.0 Å². The number of benzene rings is 1. The van der Waals surface area contributed by atoms with E-state index in [4.69, 9.17) is 0 Å². The second-order valence-corrected chi connectivity index (χ2v) is 6.09. The molecule has 2 rings (SSSR count). The lowest BCUT2D eigenvalue weighted by molar-refractivity contribution is -0.133. The fourth-order valence-corrected chi connectivity index (χ4v) is 2.86. The van der Waals surface area contributed by atoms with Crippen LogP contribution in [0.5, 0.6) is 0 Å². The summed E-state index contributed by atoms with van der Waals surface area (Å²) in [5.74, 6) is 1.05. The number of carbonyl (C=O) groups is 1. The van der Waals surface area contributed by atoms with Crippen LogP contribution in [0.15, 0.2) is 30.3 Å². The molecule has 3 heteroatoms. The van der Waals surface area contributed by atoms with Gasteiger partial charge in [-0.2, -0.15) is 0 Å². The van der Waals surface area contributed by atoms with Gasteiger partial charge in [0, 0.05) is 13.1 Å². The first kappa shape index (κ1) is 15.0. The zero-order valence-corrected chi connectivity index (χ0v) is 12.7. The lowest BCUT2D eigenvalue weighted by atomic mass is 9.90. The van der Waals surface area contributed by atoms with Gasteiger partial charge >= 0.3 is 0 Å². The molecule has 20 heavy (non-hydrogen) atoms. The fraction of sp³-hybridized carbons (Fsp3) is 0.588. The minimum Gasteiger partial charge on any atom is -0.342 e. The minimum absolute atomic E-state index is 0.275. The molecule has 110 valence electrons. The summed E-state index contributed by atoms with van der Waals surface area (Å²) in [4.78, 5) is 16.0. The molecule has 1 aliphatic heterocycles. The van der Waals surface area contributed by atoms with Crippen LogP contribution in [0.4, 0.5) is 0 Å². The highest BCUT2D eigenvalue weighted by atomic mass is 16.2. The van der Waals surface area contributed by atoms with Crippen LogP contribution in [0, 0.1) is 5.92 Å². The zero-order chi connectivity index (χ0) is 14.4. The maximum atomic E-state index is 12.0. The highest BCUT2D eigenvalue weighted by Gasteiger charge is 2.22. The number of hydrogen-bond donors (Lipinski definition) is 0. The van der Waals surface area contributed by atoms with Crippen LogP contribution in [0.3, 0.4) is 0 Å². The Hall–Kier alpha value is -1.35. The Balaban J connectivity index is 1.70. The predicted octanol–water partition coefficient (Wildman–Crippen LogP) is 2.42. The Morgan fingerprint density at radius 2 is 1.85 bits per heavy atom. The van der Waals surface area contributed by atoms with Crippen molar-refractivity contribution in [1.82, 2.24) is 9.80 Å². The molecule has 0 unspecified atom stereocenters. The van der Waals surface area contributed by atoms with Gasteiger partial charge in [0.2, 0.25) is 5.91 Å². The van der Waals surface area contributed by atoms with Crippen LogP contribution in [0.25, 0.3) is 0 Å². The number of piperidine rings is 1. The van der Waals surface area contributed by atoms with Crippen molar-refractivity contribution in [2.24, 2.45) is 5.92 Å². The van der Waals surface area contributed by atoms with Gasteiger partial charge in [0.25, 0.3) is 0 Å². The van der Waals surface area contributed by atoms with Crippen LogP contribution >= 0.6 is 0 Å². The van der Waals surface area contributed by atoms with Gasteiger partial charge in [-0.1, -0.05) is 30.3 Å². The van der Waals surface area contributed by atoms with Gasteiger partial charge in [-0.3, -0.25) is 4.79 Å². The number of likely N-dealkylation sites (N-methyl/N-ethyl adjacent to an activating group) is 1. The van der Waals surface area contributed by atoms with Crippen LogP contribution in [0.2, 0.25) is 0 Å². The number of hydrogen-bond acceptors (Lipinski definition) is 2. The third-order valence-electron chi connectivity index (χ3n) is 4.10. The van der Waals surface area contributed by atoms with Gasteiger partial charge in [0.1, 0.15) is 0 Å². The van der Waals surface area contributed by atoms with E-state index in [0.29, 0.717) is 6.54 Å². The van der Waals surface area contributed by atoms with Crippen molar-refractivity contribution in [3.05, 3.63) is 35.9 Å². The second-order valence-electron chi connectivity index (χ2n) is 6.09. The second kappa shape index (κ2) is 7.44. The highest BCUT2D eigenvalue weighted by molar-refractivity contribution is 5.78. The number of amides is 1. The first-order valence-electron chi connectivity index (χ1n) is 7.61. The first-order valence-corrected chi connectivity index (χ1v) is 7.61. The summed E-state index contributed by atoms with van der Waals surface area (Å²) in [5, 5.41) is 0. The maximum Gasteiger partial charge on any atom is 0.236 e. The molecular formula is C17H26N2O. The molecule has 1 amide bonds. The zero-order valence-electron chi connectivity index (χ0n) is 12.7. The molecular weight excluding hydrogens is 248 g/mol. The molecule has 0 aliphatic carbocycles. The topological polar surface area (TPSA) is 23.6 Å². The average molecular weight is 274 g/mol. The number of nitrogens with zero attached hydrogens (tertiary/aromatic N) is 2. The fourth-order valence-electron chi connectivity index (χ4n) is 2.86. The molecule has 0 bridgehead atoms. The molecule has 0 radical (unpaired) electrons. The minimum atomic E-state index is 0.275. The van der Waals surface area contributed by atoms with Crippen LogP contribution in [0.1, 0.15) is 24.8 Å². The molecule has 0 atom stereocenters. The Morgan fingerprint density at radius 3 is 2.45 bits per heavy atom. The van der Waals surface area contributed by atoms with Crippen molar-refractivity contribution in [2.45, 2.75) is 25.7 Å². The van der Waals surface area contributed by atoms with E-state index in [1.807, 2.05) is 23.9 Å². The normalized spacial score (nSPS) is 16.6. The first-order chi connectivity index (χ1) is 9.65. The third kappa shape index (κ3) is 4.64. The van der Waals surface area contributed by atoms with E-state index in [0.717, 1.165) is 38.3 Å². The van der Waals surface area contributed by atoms with Gasteiger partial charge in [-0.05, 0) is 51.3 Å². The Morgan fingerprint density at radius 1 is 1.20 bits per heavy atom. The summed E-state index contributed by atoms with van der Waals surface area (Å²) < 4.78 is 0. The number of likely N-dealkylation sites (tertiary alicyclic amines) is 1. The summed E-state index contributed by atoms with van der Waals surface area (Å²) >= 11 is 0. The highest BCUT2D eigenvalue weighted by Crippen LogP contribution is 2.22. The Labute approximate surface area is 122 Å². The molecule has 3 nitrogen and oxygen atoms in total. The molecule has 0 saturated carbocycles. The predicted molar refractivity (Wildman–Crippen MR) is 82.6 cm³/mol. The summed E-state index contributed by atoms with van der Waals surface area (Å²) in [6, 6.07) is 10.7. The summed E-state index contributed by atoms with van der Waals surface area (Å²) in [5.41, 5.74) is 1.43. The van der Waals surface area contributed by atoms with Gasteiger partial charge in [0.15, 0.2) is 0 Å². The van der Waals surface area contributed by atoms with Crippen LogP contribution in [-0.4, -0.2) is 49.4 Å². The number of aryl methyl sites for hydroxylation is 1. The van der Waals surface area contributed by atoms with E-state index < -0.39 is 0 Å². The summed E-state index contributed by atoms with van der Waals surface area (Å²) in [7, 11) is 3.90. The van der Waals surface area contributed by atoms with E-state index in [9.17, 15) is 4.79 Å². The smallest absolute Gasteiger partial charge is 0.236 e. The molecule has 1 aromatic rings. The van der Waals surface area contributed by atoms with Crippen molar-refractivity contribution in [1.29, 1.82) is 0 Å². The van der Waals surface area contributed by atoms with Crippen molar-refractivity contribution >= 4 is 5.91 Å². The molecule has 1 fully saturated rings. The third-order valence-corrected chi connectivity index (χ3v) is 4.10. The average Bonchev–Trinajstić information content (AvgIpc) is 2.46. The molecule has 1 aromatic carbocycles. The summed E-state index contributed by atoms with van der Waals surface area (Å²) in [6.45, 7) is 2.41. The molecule has 1 aliphatic rings. The van der Waals surface area contributed by atoms with Crippen molar-refractivity contribution in [3.63, 3.8) is 0 Å². The van der Waals surface area contributed by atoms with Crippen LogP contribution < -0.4 is 0 Å². The van der Waals surface area contributed by atoms with Gasteiger partial charge in [-0.25, -0.2) is 0 Å². The molecule has 1 saturated heterocycles. The summed E-state index contributed by atoms with van der Waals surface area (Å²) in [6.07, 6.45) is 4.73. The Bertz CT molecular complexity index is 408. The molecule has 0 aromatic heterocycles. The van der Waals surface area contributed by atoms with Gasteiger partial charge < -0.3 is 9.80 Å². The maximum absolute atomic E-state index is 12.0. The number of rotatable bonds is 5. The molecule has 0 spiro atoms. The quantitative estimate of drug-likeness (QED) is 0.823. The van der Waals surface area contributed by atoms with Crippen molar-refractivity contribution in [2.75, 3.05) is 33.7 Å². The largest absolute Gasteiger partial charge is 0.342 e. The van der Waals surface area contributed by atoms with Gasteiger partial charge in [-0.15, -0.1) is 0 Å². The van der Waals surface area contributed by atoms with E-state index in [2.05, 4.69) is 30.3 Å². The van der Waals surface area contributed by atoms with E-state index >= 15 is 0 Å².